The van der Waals surface area contributed by atoms with E-state index in [-0.39, 0.29) is 31.8 Å². The van der Waals surface area contributed by atoms with Gasteiger partial charge in [0.25, 0.3) is 0 Å². The first-order chi connectivity index (χ1) is 14.3. The van der Waals surface area contributed by atoms with Crippen molar-refractivity contribution in [3.05, 3.63) is 24.3 Å². The molecule has 0 aromatic rings. The topological polar surface area (TPSA) is 0 Å². The minimum absolute atomic E-state index is 0.106. The van der Waals surface area contributed by atoms with Crippen LogP contribution in [-0.2, 0) is 15.9 Å². The van der Waals surface area contributed by atoms with Crippen LogP contribution in [0.2, 0.25) is 0 Å². The van der Waals surface area contributed by atoms with Crippen LogP contribution in [0.4, 0.5) is 0 Å². The fraction of sp³-hybridized carbons (Fsp3) is 0.846. The molecule has 0 heterocycles. The van der Waals surface area contributed by atoms with Gasteiger partial charge in [-0.1, -0.05) is 123 Å². The molecule has 0 N–H and O–H groups in total. The van der Waals surface area contributed by atoms with E-state index in [2.05, 4.69) is 107 Å². The molecule has 0 atom stereocenters. The molecule has 0 amide bonds. The van der Waals surface area contributed by atoms with Crippen LogP contribution in [0.5, 0.6) is 0 Å². The summed E-state index contributed by atoms with van der Waals surface area (Å²) in [5.41, 5.74) is 3.48. The molecular formula is C26H54Cl2P2Pd. The fourth-order valence-electron chi connectivity index (χ4n) is 3.17. The SMILES string of the molecule is CC(C)CC=CCP(C(C)C)C(C)C.CC(C)CC=CCP(C(C)C)C(C)C.[Cl][Pd][Cl]. The van der Waals surface area contributed by atoms with Crippen molar-refractivity contribution in [2.24, 2.45) is 11.8 Å². The molecule has 0 saturated heterocycles. The van der Waals surface area contributed by atoms with Crippen molar-refractivity contribution in [3.63, 3.8) is 0 Å². The summed E-state index contributed by atoms with van der Waals surface area (Å²) < 4.78 is 0. The first kappa shape index (κ1) is 37.1. The molecule has 0 nitrogen and oxygen atoms in total. The van der Waals surface area contributed by atoms with Gasteiger partial charge >= 0.3 is 35.0 Å². The molecular weight excluding hydrogens is 552 g/mol. The third-order valence-electron chi connectivity index (χ3n) is 4.83. The Morgan fingerprint density at radius 3 is 0.903 bits per heavy atom. The van der Waals surface area contributed by atoms with E-state index in [4.69, 9.17) is 19.1 Å². The van der Waals surface area contributed by atoms with E-state index in [1.165, 1.54) is 25.2 Å². The average molecular weight is 606 g/mol. The molecule has 0 aromatic carbocycles. The molecule has 192 valence electrons. The number of halogens is 2. The van der Waals surface area contributed by atoms with Gasteiger partial charge in [-0.2, -0.15) is 0 Å². The van der Waals surface area contributed by atoms with Gasteiger partial charge in [0, 0.05) is 0 Å². The molecule has 0 radical (unpaired) electrons. The quantitative estimate of drug-likeness (QED) is 0.118. The molecule has 0 saturated carbocycles. The van der Waals surface area contributed by atoms with E-state index in [1.54, 1.807) is 0 Å². The summed E-state index contributed by atoms with van der Waals surface area (Å²) in [6.45, 7) is 28.0. The molecule has 0 aromatic heterocycles. The van der Waals surface area contributed by atoms with Crippen LogP contribution in [0.3, 0.4) is 0 Å². The number of hydrogen-bond acceptors (Lipinski definition) is 0. The van der Waals surface area contributed by atoms with Crippen LogP contribution in [0.25, 0.3) is 0 Å². The number of hydrogen-bond donors (Lipinski definition) is 0. The van der Waals surface area contributed by atoms with Crippen molar-refractivity contribution in [1.82, 2.24) is 0 Å². The summed E-state index contributed by atoms with van der Waals surface area (Å²) in [6.07, 6.45) is 14.7. The summed E-state index contributed by atoms with van der Waals surface area (Å²) in [5.74, 6) is 1.60. The second-order valence-corrected chi connectivity index (χ2v) is 19.3. The van der Waals surface area contributed by atoms with Gasteiger partial charge in [-0.15, -0.1) is 0 Å². The molecule has 0 aliphatic carbocycles. The zero-order valence-corrected chi connectivity index (χ0v) is 27.4. The molecule has 0 aliphatic heterocycles. The van der Waals surface area contributed by atoms with E-state index >= 15 is 0 Å². The van der Waals surface area contributed by atoms with E-state index in [0.29, 0.717) is 0 Å². The maximum atomic E-state index is 4.81. The van der Waals surface area contributed by atoms with Crippen LogP contribution < -0.4 is 0 Å². The fourth-order valence-corrected chi connectivity index (χ4v) is 8.02. The van der Waals surface area contributed by atoms with Crippen molar-refractivity contribution in [1.29, 1.82) is 0 Å². The van der Waals surface area contributed by atoms with Crippen molar-refractivity contribution < 1.29 is 15.9 Å². The average Bonchev–Trinajstić information content (AvgIpc) is 2.60. The first-order valence-corrected chi connectivity index (χ1v) is 19.3. The molecule has 0 fully saturated rings. The second kappa shape index (κ2) is 24.7. The van der Waals surface area contributed by atoms with Crippen LogP contribution in [0.15, 0.2) is 24.3 Å². The molecule has 0 aliphatic rings. The Balaban J connectivity index is -0.000000448. The Labute approximate surface area is 216 Å². The summed E-state index contributed by atoms with van der Waals surface area (Å²) in [7, 11) is 10.0. The normalized spacial score (nSPS) is 12.5. The second-order valence-electron chi connectivity index (χ2n) is 10.0. The molecule has 5 heteroatoms. The number of rotatable bonds is 12. The third kappa shape index (κ3) is 27.7. The van der Waals surface area contributed by atoms with Gasteiger partial charge in [-0.25, -0.2) is 0 Å². The van der Waals surface area contributed by atoms with Crippen LogP contribution in [0.1, 0.15) is 95.9 Å². The van der Waals surface area contributed by atoms with E-state index < -0.39 is 0 Å². The van der Waals surface area contributed by atoms with Crippen molar-refractivity contribution in [3.8, 4) is 0 Å². The Morgan fingerprint density at radius 1 is 0.516 bits per heavy atom. The molecule has 0 bridgehead atoms. The number of allylic oxidation sites excluding steroid dienone is 4. The zero-order chi connectivity index (χ0) is 25.0. The predicted molar refractivity (Wildman–Crippen MR) is 153 cm³/mol. The first-order valence-electron chi connectivity index (χ1n) is 11.9. The molecule has 0 spiro atoms. The Kier molecular flexibility index (Phi) is 29.6. The van der Waals surface area contributed by atoms with Crippen LogP contribution in [-0.4, -0.2) is 35.0 Å². The maximum absolute atomic E-state index is 4.81. The predicted octanol–water partition coefficient (Wildman–Crippen LogP) is 11.2. The third-order valence-corrected chi connectivity index (χ3v) is 11.4. The van der Waals surface area contributed by atoms with Crippen molar-refractivity contribution in [2.75, 3.05) is 12.3 Å². The minimum atomic E-state index is -0.106. The van der Waals surface area contributed by atoms with Gasteiger partial charge in [0.1, 0.15) is 0 Å². The summed E-state index contributed by atoms with van der Waals surface area (Å²) in [6, 6.07) is 0. The van der Waals surface area contributed by atoms with Crippen molar-refractivity contribution >= 4 is 34.9 Å². The molecule has 0 unspecified atom stereocenters. The standard InChI is InChI=1S/2C13H27P.2ClH.Pd/c2*1-11(2)9-7-8-10-14(12(3)4)13(5)6;;;/h2*7-8,11-13H,9-10H2,1-6H3;2*1H;/q;;;;+2/p-2. The van der Waals surface area contributed by atoms with Gasteiger partial charge in [-0.05, 0) is 59.6 Å². The summed E-state index contributed by atoms with van der Waals surface area (Å²) in [5, 5.41) is 0. The van der Waals surface area contributed by atoms with Gasteiger partial charge < -0.3 is 0 Å². The Morgan fingerprint density at radius 2 is 0.742 bits per heavy atom. The van der Waals surface area contributed by atoms with Crippen LogP contribution in [0, 0.1) is 11.8 Å². The van der Waals surface area contributed by atoms with E-state index in [1.807, 2.05) is 0 Å². The molecule has 31 heavy (non-hydrogen) atoms. The Bertz CT molecular complexity index is 366. The van der Waals surface area contributed by atoms with Crippen molar-refractivity contribution in [2.45, 2.75) is 119 Å². The zero-order valence-electron chi connectivity index (χ0n) is 22.6. The Hall–Kier alpha value is 1.58. The van der Waals surface area contributed by atoms with E-state index in [9.17, 15) is 0 Å². The van der Waals surface area contributed by atoms with Gasteiger partial charge in [-0.3, -0.25) is 0 Å². The van der Waals surface area contributed by atoms with E-state index in [0.717, 1.165) is 34.5 Å². The van der Waals surface area contributed by atoms with Gasteiger partial charge in [0.15, 0.2) is 0 Å². The monoisotopic (exact) mass is 604 g/mol. The summed E-state index contributed by atoms with van der Waals surface area (Å²) in [4.78, 5) is 0. The molecule has 0 rings (SSSR count). The van der Waals surface area contributed by atoms with Crippen LogP contribution >= 0.6 is 34.9 Å². The summed E-state index contributed by atoms with van der Waals surface area (Å²) >= 11 is -0.106. The van der Waals surface area contributed by atoms with Gasteiger partial charge in [0.2, 0.25) is 0 Å². The van der Waals surface area contributed by atoms with Gasteiger partial charge in [0.05, 0.1) is 0 Å².